The van der Waals surface area contributed by atoms with Crippen LogP contribution in [0.1, 0.15) is 23.9 Å². The van der Waals surface area contributed by atoms with Crippen LogP contribution in [-0.2, 0) is 22.7 Å². The van der Waals surface area contributed by atoms with Crippen molar-refractivity contribution < 1.29 is 14.3 Å². The average Bonchev–Trinajstić information content (AvgIpc) is 2.97. The summed E-state index contributed by atoms with van der Waals surface area (Å²) in [5, 5.41) is 9.70. The lowest BCUT2D eigenvalue weighted by Crippen LogP contribution is -2.09. The largest absolute Gasteiger partial charge is 0.486 e. The van der Waals surface area contributed by atoms with Crippen molar-refractivity contribution in [3.63, 3.8) is 0 Å². The average molecular weight is 370 g/mol. The van der Waals surface area contributed by atoms with Crippen molar-refractivity contribution in [2.75, 3.05) is 12.9 Å². The fraction of sp³-hybridized carbons (Fsp3) is 0.438. The highest BCUT2D eigenvalue weighted by atomic mass is 35.5. The van der Waals surface area contributed by atoms with E-state index in [0.29, 0.717) is 24.1 Å². The van der Waals surface area contributed by atoms with Gasteiger partial charge in [0.25, 0.3) is 0 Å². The van der Waals surface area contributed by atoms with Crippen LogP contribution in [0.25, 0.3) is 0 Å². The Hall–Kier alpha value is -1.73. The van der Waals surface area contributed by atoms with Crippen LogP contribution in [0.3, 0.4) is 0 Å². The van der Waals surface area contributed by atoms with Gasteiger partial charge < -0.3 is 14.0 Å². The molecule has 8 heteroatoms. The summed E-state index contributed by atoms with van der Waals surface area (Å²) < 4.78 is 12.4. The molecule has 0 unspecified atom stereocenters. The SMILES string of the molecule is CCn1c(COc2cc(C)c(Cl)c(C)c2)nnc1SCC(=O)OC. The van der Waals surface area contributed by atoms with Gasteiger partial charge in [0, 0.05) is 11.6 Å². The molecular weight excluding hydrogens is 350 g/mol. The summed E-state index contributed by atoms with van der Waals surface area (Å²) in [4.78, 5) is 11.3. The third kappa shape index (κ3) is 4.42. The molecule has 0 fully saturated rings. The molecule has 130 valence electrons. The van der Waals surface area contributed by atoms with Gasteiger partial charge >= 0.3 is 5.97 Å². The Bertz CT molecular complexity index is 710. The normalized spacial score (nSPS) is 10.7. The van der Waals surface area contributed by atoms with E-state index in [1.165, 1.54) is 18.9 Å². The number of rotatable bonds is 7. The van der Waals surface area contributed by atoms with Crippen molar-refractivity contribution in [1.29, 1.82) is 0 Å². The molecule has 1 aromatic carbocycles. The molecule has 1 heterocycles. The van der Waals surface area contributed by atoms with E-state index in [-0.39, 0.29) is 11.7 Å². The third-order valence-electron chi connectivity index (χ3n) is 3.43. The van der Waals surface area contributed by atoms with Crippen molar-refractivity contribution >= 4 is 29.3 Å². The van der Waals surface area contributed by atoms with Crippen molar-refractivity contribution in [2.24, 2.45) is 0 Å². The van der Waals surface area contributed by atoms with Gasteiger partial charge in [-0.05, 0) is 44.0 Å². The van der Waals surface area contributed by atoms with Crippen LogP contribution >= 0.6 is 23.4 Å². The Labute approximate surface area is 150 Å². The maximum atomic E-state index is 11.3. The number of halogens is 1. The number of aryl methyl sites for hydroxylation is 2. The number of thioether (sulfide) groups is 1. The first-order chi connectivity index (χ1) is 11.5. The highest BCUT2D eigenvalue weighted by Gasteiger charge is 2.14. The summed E-state index contributed by atoms with van der Waals surface area (Å²) in [6.07, 6.45) is 0. The number of carbonyl (C=O) groups is 1. The van der Waals surface area contributed by atoms with Crippen LogP contribution in [0.2, 0.25) is 5.02 Å². The van der Waals surface area contributed by atoms with Crippen molar-refractivity contribution in [1.82, 2.24) is 14.8 Å². The Morgan fingerprint density at radius 1 is 1.29 bits per heavy atom. The van der Waals surface area contributed by atoms with Crippen LogP contribution in [0.15, 0.2) is 17.3 Å². The standard InChI is InChI=1S/C16H20ClN3O3S/c1-5-20-13(18-19-16(20)24-9-14(21)22-4)8-23-12-6-10(2)15(17)11(3)7-12/h6-7H,5,8-9H2,1-4H3. The van der Waals surface area contributed by atoms with E-state index < -0.39 is 0 Å². The molecule has 0 atom stereocenters. The van der Waals surface area contributed by atoms with Gasteiger partial charge in [-0.1, -0.05) is 23.4 Å². The first-order valence-corrected chi connectivity index (χ1v) is 8.83. The molecule has 2 rings (SSSR count). The van der Waals surface area contributed by atoms with Crippen molar-refractivity contribution in [2.45, 2.75) is 39.1 Å². The number of ether oxygens (including phenoxy) is 2. The quantitative estimate of drug-likeness (QED) is 0.550. The van der Waals surface area contributed by atoms with Crippen LogP contribution in [-0.4, -0.2) is 33.6 Å². The minimum absolute atomic E-state index is 0.199. The Morgan fingerprint density at radius 2 is 1.96 bits per heavy atom. The first-order valence-electron chi connectivity index (χ1n) is 7.47. The second-order valence-corrected chi connectivity index (χ2v) is 6.49. The molecular formula is C16H20ClN3O3S. The van der Waals surface area contributed by atoms with Gasteiger partial charge in [-0.3, -0.25) is 4.79 Å². The minimum Gasteiger partial charge on any atom is -0.486 e. The van der Waals surface area contributed by atoms with E-state index in [1.807, 2.05) is 37.5 Å². The monoisotopic (exact) mass is 369 g/mol. The van der Waals surface area contributed by atoms with Crippen molar-refractivity contribution in [3.05, 3.63) is 34.1 Å². The maximum absolute atomic E-state index is 11.3. The Kier molecular flexibility index (Phi) is 6.51. The Morgan fingerprint density at radius 3 is 2.54 bits per heavy atom. The number of nitrogens with zero attached hydrogens (tertiary/aromatic N) is 3. The van der Waals surface area contributed by atoms with Crippen molar-refractivity contribution in [3.8, 4) is 5.75 Å². The lowest BCUT2D eigenvalue weighted by atomic mass is 10.1. The van der Waals surface area contributed by atoms with E-state index in [2.05, 4.69) is 14.9 Å². The molecule has 0 saturated heterocycles. The van der Waals surface area contributed by atoms with Crippen LogP contribution in [0.5, 0.6) is 5.75 Å². The molecule has 0 amide bonds. The number of hydrogen-bond donors (Lipinski definition) is 0. The summed E-state index contributed by atoms with van der Waals surface area (Å²) in [5.41, 5.74) is 1.94. The molecule has 6 nitrogen and oxygen atoms in total. The summed E-state index contributed by atoms with van der Waals surface area (Å²) in [6, 6.07) is 3.80. The zero-order chi connectivity index (χ0) is 17.7. The number of esters is 1. The highest BCUT2D eigenvalue weighted by molar-refractivity contribution is 7.99. The molecule has 0 aliphatic rings. The molecule has 0 aliphatic carbocycles. The third-order valence-corrected chi connectivity index (χ3v) is 4.97. The predicted octanol–water partition coefficient (Wildman–Crippen LogP) is 3.41. The molecule has 0 radical (unpaired) electrons. The second kappa shape index (κ2) is 8.39. The summed E-state index contributed by atoms with van der Waals surface area (Å²) in [7, 11) is 1.36. The Balaban J connectivity index is 2.07. The van der Waals surface area contributed by atoms with Gasteiger partial charge in [0.2, 0.25) is 0 Å². The van der Waals surface area contributed by atoms with E-state index in [1.54, 1.807) is 0 Å². The predicted molar refractivity (Wildman–Crippen MR) is 93.7 cm³/mol. The topological polar surface area (TPSA) is 66.2 Å². The fourth-order valence-corrected chi connectivity index (χ4v) is 3.13. The van der Waals surface area contributed by atoms with E-state index >= 15 is 0 Å². The minimum atomic E-state index is -0.296. The van der Waals surface area contributed by atoms with Gasteiger partial charge in [0.15, 0.2) is 11.0 Å². The van der Waals surface area contributed by atoms with Crippen LogP contribution in [0, 0.1) is 13.8 Å². The summed E-state index contributed by atoms with van der Waals surface area (Å²) in [6.45, 7) is 6.86. The summed E-state index contributed by atoms with van der Waals surface area (Å²) >= 11 is 7.46. The highest BCUT2D eigenvalue weighted by Crippen LogP contribution is 2.26. The second-order valence-electron chi connectivity index (χ2n) is 5.17. The molecule has 0 aliphatic heterocycles. The zero-order valence-electron chi connectivity index (χ0n) is 14.1. The number of carbonyl (C=O) groups excluding carboxylic acids is 1. The van der Waals surface area contributed by atoms with E-state index in [0.717, 1.165) is 21.9 Å². The van der Waals surface area contributed by atoms with Gasteiger partial charge in [-0.2, -0.15) is 0 Å². The van der Waals surface area contributed by atoms with Crippen LogP contribution in [0.4, 0.5) is 0 Å². The number of benzene rings is 1. The number of hydrogen-bond acceptors (Lipinski definition) is 6. The lowest BCUT2D eigenvalue weighted by Gasteiger charge is -2.11. The molecule has 0 saturated carbocycles. The molecule has 24 heavy (non-hydrogen) atoms. The molecule has 0 spiro atoms. The van der Waals surface area contributed by atoms with E-state index in [4.69, 9.17) is 16.3 Å². The number of aromatic nitrogens is 3. The molecule has 2 aromatic rings. The van der Waals surface area contributed by atoms with Gasteiger partial charge in [0.05, 0.1) is 12.9 Å². The summed E-state index contributed by atoms with van der Waals surface area (Å²) in [5.74, 6) is 1.35. The molecule has 0 N–H and O–H groups in total. The van der Waals surface area contributed by atoms with Crippen LogP contribution < -0.4 is 4.74 Å². The number of methoxy groups -OCH3 is 1. The maximum Gasteiger partial charge on any atom is 0.316 e. The fourth-order valence-electron chi connectivity index (χ4n) is 2.17. The molecule has 0 bridgehead atoms. The van der Waals surface area contributed by atoms with Gasteiger partial charge in [-0.25, -0.2) is 0 Å². The molecule has 1 aromatic heterocycles. The van der Waals surface area contributed by atoms with Gasteiger partial charge in [0.1, 0.15) is 12.4 Å². The first kappa shape index (κ1) is 18.6. The zero-order valence-corrected chi connectivity index (χ0v) is 15.7. The lowest BCUT2D eigenvalue weighted by molar-refractivity contribution is -0.137. The smallest absolute Gasteiger partial charge is 0.316 e. The van der Waals surface area contributed by atoms with Gasteiger partial charge in [-0.15, -0.1) is 10.2 Å². The van der Waals surface area contributed by atoms with E-state index in [9.17, 15) is 4.79 Å².